The molecule has 0 radical (unpaired) electrons. The molecule has 1 heterocycles. The Morgan fingerprint density at radius 1 is 1.19 bits per heavy atom. The molecular formula is C22H34N2O3. The van der Waals surface area contributed by atoms with Crippen LogP contribution in [0.2, 0.25) is 0 Å². The van der Waals surface area contributed by atoms with Gasteiger partial charge in [0.25, 0.3) is 0 Å². The number of carbonyl (C=O) groups is 1. The molecule has 1 aromatic carbocycles. The molecule has 3 rings (SSSR count). The van der Waals surface area contributed by atoms with Crippen molar-refractivity contribution in [3.63, 3.8) is 0 Å². The monoisotopic (exact) mass is 374 g/mol. The summed E-state index contributed by atoms with van der Waals surface area (Å²) >= 11 is 0. The van der Waals surface area contributed by atoms with Gasteiger partial charge < -0.3 is 20.1 Å². The van der Waals surface area contributed by atoms with Crippen molar-refractivity contribution in [3.8, 4) is 11.5 Å². The highest BCUT2D eigenvalue weighted by molar-refractivity contribution is 5.76. The molecule has 2 fully saturated rings. The summed E-state index contributed by atoms with van der Waals surface area (Å²) < 4.78 is 10.9. The Kier molecular flexibility index (Phi) is 7.00. The minimum absolute atomic E-state index is 0.00236. The molecule has 0 spiro atoms. The summed E-state index contributed by atoms with van der Waals surface area (Å²) in [6.45, 7) is 2.86. The van der Waals surface area contributed by atoms with Gasteiger partial charge in [-0.15, -0.1) is 0 Å². The van der Waals surface area contributed by atoms with Gasteiger partial charge in [0.1, 0.15) is 0 Å². The molecule has 2 aliphatic rings. The van der Waals surface area contributed by atoms with Crippen molar-refractivity contribution in [3.05, 3.63) is 23.8 Å². The van der Waals surface area contributed by atoms with Crippen LogP contribution in [-0.2, 0) is 10.2 Å². The smallest absolute Gasteiger partial charge is 0.220 e. The number of carbonyl (C=O) groups excluding carboxylic acids is 1. The Bertz CT molecular complexity index is 620. The van der Waals surface area contributed by atoms with Gasteiger partial charge in [-0.2, -0.15) is 0 Å². The Hall–Kier alpha value is -1.75. The largest absolute Gasteiger partial charge is 0.493 e. The third kappa shape index (κ3) is 4.95. The van der Waals surface area contributed by atoms with E-state index in [1.165, 1.54) is 31.2 Å². The van der Waals surface area contributed by atoms with E-state index < -0.39 is 0 Å². The van der Waals surface area contributed by atoms with Crippen molar-refractivity contribution in [1.29, 1.82) is 0 Å². The minimum atomic E-state index is 0.00236. The summed E-state index contributed by atoms with van der Waals surface area (Å²) in [7, 11) is 3.34. The second kappa shape index (κ2) is 9.45. The molecule has 1 aromatic rings. The quantitative estimate of drug-likeness (QED) is 0.732. The first kappa shape index (κ1) is 20.0. The standard InChI is InChI=1S/C22H34N2O3/c1-26-19-8-7-18(14-20(19)27-2)22(11-4-3-5-12-22)16-24-21(25)9-6-17-10-13-23-15-17/h7-8,14,17,23H,3-6,9-13,15-16H2,1-2H3,(H,24,25). The van der Waals surface area contributed by atoms with Gasteiger partial charge in [0.05, 0.1) is 14.2 Å². The van der Waals surface area contributed by atoms with Crippen molar-refractivity contribution in [2.24, 2.45) is 5.92 Å². The third-order valence-electron chi connectivity index (χ3n) is 6.37. The highest BCUT2D eigenvalue weighted by atomic mass is 16.5. The van der Waals surface area contributed by atoms with Crippen molar-refractivity contribution < 1.29 is 14.3 Å². The number of nitrogens with one attached hydrogen (secondary N) is 2. The van der Waals surface area contributed by atoms with Crippen molar-refractivity contribution >= 4 is 5.91 Å². The van der Waals surface area contributed by atoms with Crippen LogP contribution in [0.3, 0.4) is 0 Å². The van der Waals surface area contributed by atoms with E-state index in [-0.39, 0.29) is 11.3 Å². The molecule has 2 N–H and O–H groups in total. The third-order valence-corrected chi connectivity index (χ3v) is 6.37. The van der Waals surface area contributed by atoms with Crippen LogP contribution in [-0.4, -0.2) is 39.8 Å². The molecule has 1 aliphatic heterocycles. The Morgan fingerprint density at radius 3 is 2.63 bits per heavy atom. The normalized spacial score (nSPS) is 21.6. The van der Waals surface area contributed by atoms with Crippen LogP contribution in [0.5, 0.6) is 11.5 Å². The van der Waals surface area contributed by atoms with E-state index in [0.29, 0.717) is 18.9 Å². The second-order valence-electron chi connectivity index (χ2n) is 8.08. The predicted molar refractivity (Wildman–Crippen MR) is 108 cm³/mol. The van der Waals surface area contributed by atoms with Crippen LogP contribution in [0, 0.1) is 5.92 Å². The highest BCUT2D eigenvalue weighted by Crippen LogP contribution is 2.42. The van der Waals surface area contributed by atoms with Gasteiger partial charge in [0, 0.05) is 18.4 Å². The average Bonchev–Trinajstić information content (AvgIpc) is 3.24. The topological polar surface area (TPSA) is 59.6 Å². The SMILES string of the molecule is COc1ccc(C2(CNC(=O)CCC3CCNC3)CCCCC2)cc1OC. The second-order valence-corrected chi connectivity index (χ2v) is 8.08. The van der Waals surface area contributed by atoms with E-state index in [0.717, 1.165) is 43.9 Å². The number of benzene rings is 1. The minimum Gasteiger partial charge on any atom is -0.493 e. The summed E-state index contributed by atoms with van der Waals surface area (Å²) in [4.78, 5) is 12.5. The summed E-state index contributed by atoms with van der Waals surface area (Å²) in [5, 5.41) is 6.62. The molecule has 27 heavy (non-hydrogen) atoms. The van der Waals surface area contributed by atoms with Crippen LogP contribution < -0.4 is 20.1 Å². The van der Waals surface area contributed by atoms with E-state index in [2.05, 4.69) is 22.8 Å². The maximum atomic E-state index is 12.5. The first-order chi connectivity index (χ1) is 13.2. The average molecular weight is 375 g/mol. The van der Waals surface area contributed by atoms with Crippen molar-refractivity contribution in [2.75, 3.05) is 33.9 Å². The fourth-order valence-electron chi connectivity index (χ4n) is 4.61. The fraction of sp³-hybridized carbons (Fsp3) is 0.682. The molecule has 5 nitrogen and oxygen atoms in total. The Balaban J connectivity index is 1.66. The highest BCUT2D eigenvalue weighted by Gasteiger charge is 2.35. The van der Waals surface area contributed by atoms with Gasteiger partial charge in [-0.1, -0.05) is 25.3 Å². The number of rotatable bonds is 8. The molecule has 150 valence electrons. The lowest BCUT2D eigenvalue weighted by Crippen LogP contribution is -2.42. The van der Waals surface area contributed by atoms with E-state index in [9.17, 15) is 4.79 Å². The first-order valence-corrected chi connectivity index (χ1v) is 10.4. The van der Waals surface area contributed by atoms with E-state index in [1.54, 1.807) is 14.2 Å². The number of methoxy groups -OCH3 is 2. The van der Waals surface area contributed by atoms with Crippen LogP contribution in [0.15, 0.2) is 18.2 Å². The Morgan fingerprint density at radius 2 is 1.96 bits per heavy atom. The van der Waals surface area contributed by atoms with Gasteiger partial charge in [0.15, 0.2) is 11.5 Å². The number of ether oxygens (including phenoxy) is 2. The van der Waals surface area contributed by atoms with Crippen LogP contribution >= 0.6 is 0 Å². The zero-order valence-corrected chi connectivity index (χ0v) is 16.8. The summed E-state index contributed by atoms with van der Waals surface area (Å²) in [5.41, 5.74) is 1.25. The lowest BCUT2D eigenvalue weighted by atomic mass is 9.69. The van der Waals surface area contributed by atoms with Gasteiger partial charge in [-0.05, 0) is 62.4 Å². The predicted octanol–water partition coefficient (Wildman–Crippen LogP) is 3.41. The van der Waals surface area contributed by atoms with Crippen LogP contribution in [0.4, 0.5) is 0 Å². The molecule has 0 bridgehead atoms. The lowest BCUT2D eigenvalue weighted by molar-refractivity contribution is -0.121. The van der Waals surface area contributed by atoms with Crippen molar-refractivity contribution in [2.45, 2.75) is 56.8 Å². The zero-order chi connectivity index (χ0) is 19.1. The summed E-state index contributed by atoms with van der Waals surface area (Å²) in [5.74, 6) is 2.36. The Labute approximate surface area is 163 Å². The molecule has 1 saturated heterocycles. The molecule has 1 saturated carbocycles. The molecule has 1 unspecified atom stereocenters. The van der Waals surface area contributed by atoms with Gasteiger partial charge in [-0.25, -0.2) is 0 Å². The fourth-order valence-corrected chi connectivity index (χ4v) is 4.61. The van der Waals surface area contributed by atoms with Crippen LogP contribution in [0.1, 0.15) is 56.9 Å². The molecule has 0 aromatic heterocycles. The number of hydrogen-bond donors (Lipinski definition) is 2. The van der Waals surface area contributed by atoms with Gasteiger partial charge >= 0.3 is 0 Å². The van der Waals surface area contributed by atoms with Crippen molar-refractivity contribution in [1.82, 2.24) is 10.6 Å². The molecular weight excluding hydrogens is 340 g/mol. The zero-order valence-electron chi connectivity index (χ0n) is 16.8. The lowest BCUT2D eigenvalue weighted by Gasteiger charge is -2.38. The van der Waals surface area contributed by atoms with Gasteiger partial charge in [-0.3, -0.25) is 4.79 Å². The molecule has 1 amide bonds. The summed E-state index contributed by atoms with van der Waals surface area (Å²) in [6.07, 6.45) is 8.72. The van der Waals surface area contributed by atoms with Gasteiger partial charge in [0.2, 0.25) is 5.91 Å². The molecule has 5 heteroatoms. The van der Waals surface area contributed by atoms with E-state index >= 15 is 0 Å². The van der Waals surface area contributed by atoms with E-state index in [4.69, 9.17) is 9.47 Å². The molecule has 1 aliphatic carbocycles. The maximum Gasteiger partial charge on any atom is 0.220 e. The van der Waals surface area contributed by atoms with Crippen LogP contribution in [0.25, 0.3) is 0 Å². The van der Waals surface area contributed by atoms with E-state index in [1.807, 2.05) is 6.07 Å². The summed E-state index contributed by atoms with van der Waals surface area (Å²) in [6, 6.07) is 6.23. The number of hydrogen-bond acceptors (Lipinski definition) is 4. The first-order valence-electron chi connectivity index (χ1n) is 10.4. The maximum absolute atomic E-state index is 12.5. The number of amides is 1. The molecule has 1 atom stereocenters.